The number of ether oxygens (including phenoxy) is 2. The Hall–Kier alpha value is -3.00. The van der Waals surface area contributed by atoms with Crippen molar-refractivity contribution in [1.82, 2.24) is 4.31 Å². The highest BCUT2D eigenvalue weighted by Gasteiger charge is 2.65. The molecule has 2 aliphatic rings. The third kappa shape index (κ3) is 3.88. The Bertz CT molecular complexity index is 1310. The summed E-state index contributed by atoms with van der Waals surface area (Å²) >= 11 is 0. The van der Waals surface area contributed by atoms with Crippen molar-refractivity contribution >= 4 is 16.0 Å². The summed E-state index contributed by atoms with van der Waals surface area (Å²) in [5.41, 5.74) is 0.923. The van der Waals surface area contributed by atoms with Crippen molar-refractivity contribution in [3.63, 3.8) is 0 Å². The SMILES string of the molecule is Cc1ccc(S(=O)(=O)N2[C@H](C)[C@@H](c3ccccc3)O[C@]2(c2ccccc2)[C@H]2OC(=O)C[C@@H]2C)cc1. The summed E-state index contributed by atoms with van der Waals surface area (Å²) in [5.74, 6) is -0.606. The van der Waals surface area contributed by atoms with Crippen molar-refractivity contribution in [2.24, 2.45) is 5.92 Å². The molecule has 35 heavy (non-hydrogen) atoms. The van der Waals surface area contributed by atoms with E-state index in [0.29, 0.717) is 5.56 Å². The van der Waals surface area contributed by atoms with Gasteiger partial charge in [0.15, 0.2) is 11.8 Å². The summed E-state index contributed by atoms with van der Waals surface area (Å²) in [6.45, 7) is 5.67. The molecule has 0 amide bonds. The molecule has 0 aliphatic carbocycles. The van der Waals surface area contributed by atoms with Crippen LogP contribution in [0.2, 0.25) is 0 Å². The van der Waals surface area contributed by atoms with E-state index in [1.54, 1.807) is 24.3 Å². The third-order valence-corrected chi connectivity index (χ3v) is 8.97. The molecule has 3 aromatic carbocycles. The molecule has 2 fully saturated rings. The van der Waals surface area contributed by atoms with Gasteiger partial charge >= 0.3 is 5.97 Å². The highest BCUT2D eigenvalue weighted by Crippen LogP contribution is 2.54. The zero-order valence-electron chi connectivity index (χ0n) is 20.0. The van der Waals surface area contributed by atoms with Crippen LogP contribution in [0.3, 0.4) is 0 Å². The number of aryl methyl sites for hydroxylation is 1. The zero-order valence-corrected chi connectivity index (χ0v) is 20.8. The second-order valence-electron chi connectivity index (χ2n) is 9.46. The maximum Gasteiger partial charge on any atom is 0.306 e. The molecule has 5 atom stereocenters. The monoisotopic (exact) mass is 491 g/mol. The van der Waals surface area contributed by atoms with Crippen LogP contribution in [0.1, 0.15) is 43.1 Å². The number of carbonyl (C=O) groups excluding carboxylic acids is 1. The minimum atomic E-state index is -4.06. The van der Waals surface area contributed by atoms with E-state index < -0.39 is 34.0 Å². The van der Waals surface area contributed by atoms with Gasteiger partial charge in [0.1, 0.15) is 6.10 Å². The molecule has 7 heteroatoms. The predicted octanol–water partition coefficient (Wildman–Crippen LogP) is 4.95. The van der Waals surface area contributed by atoms with Gasteiger partial charge in [-0.1, -0.05) is 85.3 Å². The van der Waals surface area contributed by atoms with Crippen LogP contribution in [-0.4, -0.2) is 30.8 Å². The number of cyclic esters (lactones) is 1. The molecule has 0 unspecified atom stereocenters. The Morgan fingerprint density at radius 3 is 2.06 bits per heavy atom. The fraction of sp³-hybridized carbons (Fsp3) is 0.321. The van der Waals surface area contributed by atoms with Gasteiger partial charge in [0.05, 0.1) is 17.4 Å². The molecular weight excluding hydrogens is 462 g/mol. The highest BCUT2D eigenvalue weighted by molar-refractivity contribution is 7.89. The molecule has 0 N–H and O–H groups in total. The van der Waals surface area contributed by atoms with E-state index in [0.717, 1.165) is 11.1 Å². The van der Waals surface area contributed by atoms with Gasteiger partial charge in [-0.25, -0.2) is 8.42 Å². The molecule has 0 aromatic heterocycles. The molecule has 0 bridgehead atoms. The number of carbonyl (C=O) groups is 1. The van der Waals surface area contributed by atoms with Gasteiger partial charge in [0.25, 0.3) is 0 Å². The smallest absolute Gasteiger partial charge is 0.306 e. The van der Waals surface area contributed by atoms with Gasteiger partial charge in [0.2, 0.25) is 10.0 Å². The van der Waals surface area contributed by atoms with E-state index in [9.17, 15) is 13.2 Å². The Morgan fingerprint density at radius 2 is 1.49 bits per heavy atom. The van der Waals surface area contributed by atoms with Crippen LogP contribution in [0, 0.1) is 12.8 Å². The third-order valence-electron chi connectivity index (χ3n) is 6.98. The Kier molecular flexibility index (Phi) is 6.03. The lowest BCUT2D eigenvalue weighted by Gasteiger charge is -2.42. The Labute approximate surface area is 206 Å². The Balaban J connectivity index is 1.77. The molecule has 2 saturated heterocycles. The number of sulfonamides is 1. The van der Waals surface area contributed by atoms with Crippen molar-refractivity contribution < 1.29 is 22.7 Å². The van der Waals surface area contributed by atoms with Gasteiger partial charge < -0.3 is 9.47 Å². The molecule has 0 saturated carbocycles. The second kappa shape index (κ2) is 8.90. The van der Waals surface area contributed by atoms with Crippen LogP contribution in [0.4, 0.5) is 0 Å². The summed E-state index contributed by atoms with van der Waals surface area (Å²) < 4.78 is 42.9. The van der Waals surface area contributed by atoms with Crippen LogP contribution in [0.5, 0.6) is 0 Å². The van der Waals surface area contributed by atoms with E-state index >= 15 is 0 Å². The number of hydrogen-bond donors (Lipinski definition) is 0. The largest absolute Gasteiger partial charge is 0.457 e. The van der Waals surface area contributed by atoms with Crippen molar-refractivity contribution in [3.8, 4) is 0 Å². The van der Waals surface area contributed by atoms with E-state index in [2.05, 4.69) is 0 Å². The first-order valence-corrected chi connectivity index (χ1v) is 13.3. The molecule has 2 aliphatic heterocycles. The zero-order chi connectivity index (χ0) is 24.8. The minimum absolute atomic E-state index is 0.171. The number of hydrogen-bond acceptors (Lipinski definition) is 5. The van der Waals surface area contributed by atoms with E-state index in [4.69, 9.17) is 9.47 Å². The number of esters is 1. The lowest BCUT2D eigenvalue weighted by atomic mass is 9.88. The summed E-state index contributed by atoms with van der Waals surface area (Å²) in [4.78, 5) is 12.6. The van der Waals surface area contributed by atoms with Crippen LogP contribution >= 0.6 is 0 Å². The first kappa shape index (κ1) is 23.7. The highest BCUT2D eigenvalue weighted by atomic mass is 32.2. The molecule has 6 nitrogen and oxygen atoms in total. The minimum Gasteiger partial charge on any atom is -0.457 e. The van der Waals surface area contributed by atoms with Crippen LogP contribution < -0.4 is 0 Å². The maximum absolute atomic E-state index is 14.4. The fourth-order valence-corrected chi connectivity index (χ4v) is 7.22. The number of benzene rings is 3. The molecule has 5 rings (SSSR count). The van der Waals surface area contributed by atoms with Crippen molar-refractivity contribution in [2.45, 2.75) is 56.1 Å². The molecule has 0 spiro atoms. The van der Waals surface area contributed by atoms with Gasteiger partial charge in [0, 0.05) is 11.5 Å². The van der Waals surface area contributed by atoms with Crippen LogP contribution in [0.15, 0.2) is 89.8 Å². The molecule has 3 aromatic rings. The predicted molar refractivity (Wildman–Crippen MR) is 132 cm³/mol. The summed E-state index contributed by atoms with van der Waals surface area (Å²) in [5, 5.41) is 0. The normalized spacial score (nSPS) is 29.3. The van der Waals surface area contributed by atoms with Gasteiger partial charge in [-0.3, -0.25) is 4.79 Å². The second-order valence-corrected chi connectivity index (χ2v) is 11.3. The lowest BCUT2D eigenvalue weighted by molar-refractivity contribution is -0.184. The number of rotatable bonds is 5. The van der Waals surface area contributed by atoms with E-state index in [1.807, 2.05) is 81.4 Å². The van der Waals surface area contributed by atoms with Crippen molar-refractivity contribution in [2.75, 3.05) is 0 Å². The lowest BCUT2D eigenvalue weighted by Crippen LogP contribution is -2.56. The van der Waals surface area contributed by atoms with Crippen LogP contribution in [0.25, 0.3) is 0 Å². The van der Waals surface area contributed by atoms with Crippen molar-refractivity contribution in [1.29, 1.82) is 0 Å². The quantitative estimate of drug-likeness (QED) is 0.472. The Morgan fingerprint density at radius 1 is 0.886 bits per heavy atom. The first-order chi connectivity index (χ1) is 16.7. The maximum atomic E-state index is 14.4. The summed E-state index contributed by atoms with van der Waals surface area (Å²) in [6, 6.07) is 25.1. The fourth-order valence-electron chi connectivity index (χ4n) is 5.35. The van der Waals surface area contributed by atoms with Gasteiger partial charge in [-0.15, -0.1) is 0 Å². The van der Waals surface area contributed by atoms with Gasteiger partial charge in [-0.05, 0) is 31.5 Å². The molecule has 0 radical (unpaired) electrons. The van der Waals surface area contributed by atoms with Crippen molar-refractivity contribution in [3.05, 3.63) is 102 Å². The van der Waals surface area contributed by atoms with Crippen LogP contribution in [-0.2, 0) is 30.0 Å². The standard InChI is InChI=1S/C28H29NO5S/c1-19-14-16-24(17-15-19)35(31,32)29-21(3)26(22-10-6-4-7-11-22)34-28(29,23-12-8-5-9-13-23)27-20(2)18-25(30)33-27/h4-17,20-21,26-27H,18H2,1-3H3/t20-,21+,26-,27-,28+/m0/s1. The molecule has 2 heterocycles. The average molecular weight is 492 g/mol. The topological polar surface area (TPSA) is 72.9 Å². The molecule has 182 valence electrons. The first-order valence-electron chi connectivity index (χ1n) is 11.8. The summed E-state index contributed by atoms with van der Waals surface area (Å²) in [6.07, 6.45) is -1.18. The summed E-state index contributed by atoms with van der Waals surface area (Å²) in [7, 11) is -4.06. The van der Waals surface area contributed by atoms with Gasteiger partial charge in [-0.2, -0.15) is 4.31 Å². The number of nitrogens with zero attached hydrogens (tertiary/aromatic N) is 1. The van der Waals surface area contributed by atoms with E-state index in [-0.39, 0.29) is 23.2 Å². The average Bonchev–Trinajstić information content (AvgIpc) is 3.37. The van der Waals surface area contributed by atoms with E-state index in [1.165, 1.54) is 4.31 Å². The molecular formula is C28H29NO5S.